The van der Waals surface area contributed by atoms with Gasteiger partial charge in [-0.3, -0.25) is 4.68 Å². The standard InChI is InChI=1S/C18H25N7/c1-10(2)25-11(3)9-15(24-25)21-18-22-16-14(7-8-19-16)17(23-18)20-12(4)13-5-6-13/h7-10,12-13H,5-6H2,1-4H3,(H3,19,20,21,22,23,24)/t12-/m0/s1. The van der Waals surface area contributed by atoms with E-state index < -0.39 is 0 Å². The zero-order valence-corrected chi connectivity index (χ0v) is 15.2. The smallest absolute Gasteiger partial charge is 0.232 e. The fourth-order valence-electron chi connectivity index (χ4n) is 3.22. The summed E-state index contributed by atoms with van der Waals surface area (Å²) in [5, 5.41) is 12.4. The van der Waals surface area contributed by atoms with Gasteiger partial charge in [0.2, 0.25) is 5.95 Å². The summed E-state index contributed by atoms with van der Waals surface area (Å²) in [6, 6.07) is 4.77. The summed E-state index contributed by atoms with van der Waals surface area (Å²) < 4.78 is 1.99. The Labute approximate surface area is 147 Å². The van der Waals surface area contributed by atoms with E-state index in [4.69, 9.17) is 4.98 Å². The van der Waals surface area contributed by atoms with Crippen molar-refractivity contribution < 1.29 is 0 Å². The number of aromatic amines is 1. The topological polar surface area (TPSA) is 83.4 Å². The van der Waals surface area contributed by atoms with Crippen molar-refractivity contribution in [3.8, 4) is 0 Å². The average molecular weight is 339 g/mol. The van der Waals surface area contributed by atoms with Gasteiger partial charge in [-0.2, -0.15) is 15.1 Å². The molecule has 0 unspecified atom stereocenters. The third-order valence-electron chi connectivity index (χ3n) is 4.76. The lowest BCUT2D eigenvalue weighted by Crippen LogP contribution is -2.18. The van der Waals surface area contributed by atoms with Crippen molar-refractivity contribution in [2.24, 2.45) is 5.92 Å². The summed E-state index contributed by atoms with van der Waals surface area (Å²) in [7, 11) is 0. The highest BCUT2D eigenvalue weighted by Crippen LogP contribution is 2.35. The van der Waals surface area contributed by atoms with Crippen molar-refractivity contribution in [3.63, 3.8) is 0 Å². The average Bonchev–Trinajstić information content (AvgIpc) is 3.19. The Morgan fingerprint density at radius 3 is 2.72 bits per heavy atom. The molecule has 0 saturated heterocycles. The molecule has 7 nitrogen and oxygen atoms in total. The van der Waals surface area contributed by atoms with Crippen LogP contribution in [0.4, 0.5) is 17.6 Å². The number of anilines is 3. The molecule has 3 aromatic rings. The van der Waals surface area contributed by atoms with Gasteiger partial charge in [0, 0.05) is 30.0 Å². The molecule has 1 aliphatic carbocycles. The highest BCUT2D eigenvalue weighted by Gasteiger charge is 2.28. The summed E-state index contributed by atoms with van der Waals surface area (Å²) in [5.41, 5.74) is 1.93. The molecule has 0 radical (unpaired) electrons. The van der Waals surface area contributed by atoms with Crippen molar-refractivity contribution in [1.82, 2.24) is 24.7 Å². The van der Waals surface area contributed by atoms with E-state index in [0.29, 0.717) is 18.0 Å². The van der Waals surface area contributed by atoms with Gasteiger partial charge in [0.25, 0.3) is 0 Å². The van der Waals surface area contributed by atoms with Crippen molar-refractivity contribution in [3.05, 3.63) is 24.0 Å². The van der Waals surface area contributed by atoms with Gasteiger partial charge in [0.15, 0.2) is 5.82 Å². The highest BCUT2D eigenvalue weighted by molar-refractivity contribution is 5.88. The maximum absolute atomic E-state index is 4.70. The monoisotopic (exact) mass is 339 g/mol. The van der Waals surface area contributed by atoms with E-state index >= 15 is 0 Å². The van der Waals surface area contributed by atoms with Crippen molar-refractivity contribution in [2.45, 2.75) is 52.6 Å². The van der Waals surface area contributed by atoms with Gasteiger partial charge in [0.05, 0.1) is 5.39 Å². The van der Waals surface area contributed by atoms with Crippen molar-refractivity contribution in [1.29, 1.82) is 0 Å². The lowest BCUT2D eigenvalue weighted by atomic mass is 10.2. The molecule has 25 heavy (non-hydrogen) atoms. The van der Waals surface area contributed by atoms with Crippen molar-refractivity contribution in [2.75, 3.05) is 10.6 Å². The van der Waals surface area contributed by atoms with Crippen LogP contribution in [-0.4, -0.2) is 30.8 Å². The van der Waals surface area contributed by atoms with Crippen LogP contribution in [0.25, 0.3) is 11.0 Å². The number of fused-ring (bicyclic) bond motifs is 1. The first-order valence-electron chi connectivity index (χ1n) is 8.96. The Morgan fingerprint density at radius 2 is 2.04 bits per heavy atom. The van der Waals surface area contributed by atoms with E-state index in [1.165, 1.54) is 12.8 Å². The fourth-order valence-corrected chi connectivity index (χ4v) is 3.22. The van der Waals surface area contributed by atoms with Crippen LogP contribution in [0, 0.1) is 12.8 Å². The molecule has 0 aromatic carbocycles. The molecule has 0 aliphatic heterocycles. The molecule has 3 aromatic heterocycles. The van der Waals surface area contributed by atoms with Gasteiger partial charge in [-0.15, -0.1) is 0 Å². The van der Waals surface area contributed by atoms with Crippen LogP contribution in [0.15, 0.2) is 18.3 Å². The van der Waals surface area contributed by atoms with Crippen LogP contribution >= 0.6 is 0 Å². The summed E-state index contributed by atoms with van der Waals surface area (Å²) in [5.74, 6) is 2.94. The summed E-state index contributed by atoms with van der Waals surface area (Å²) in [4.78, 5) is 12.5. The second-order valence-corrected chi connectivity index (χ2v) is 7.24. The summed E-state index contributed by atoms with van der Waals surface area (Å²) in [6.45, 7) is 8.51. The Balaban J connectivity index is 1.64. The highest BCUT2D eigenvalue weighted by atomic mass is 15.3. The van der Waals surface area contributed by atoms with Gasteiger partial charge in [-0.1, -0.05) is 0 Å². The molecule has 1 fully saturated rings. The number of hydrogen-bond donors (Lipinski definition) is 3. The SMILES string of the molecule is Cc1cc(Nc2nc(N[C@@H](C)C3CC3)c3cc[nH]c3n2)nn1C(C)C. The quantitative estimate of drug-likeness (QED) is 0.632. The number of H-pyrrole nitrogens is 1. The summed E-state index contributed by atoms with van der Waals surface area (Å²) in [6.07, 6.45) is 4.49. The lowest BCUT2D eigenvalue weighted by molar-refractivity contribution is 0.521. The van der Waals surface area contributed by atoms with Gasteiger partial charge in [0.1, 0.15) is 11.5 Å². The number of nitrogens with zero attached hydrogens (tertiary/aromatic N) is 4. The molecule has 0 bridgehead atoms. The molecule has 0 spiro atoms. The molecule has 1 atom stereocenters. The fraction of sp³-hybridized carbons (Fsp3) is 0.500. The molecule has 7 heteroatoms. The third kappa shape index (κ3) is 3.18. The first-order chi connectivity index (χ1) is 12.0. The number of rotatable bonds is 6. The van der Waals surface area contributed by atoms with Gasteiger partial charge >= 0.3 is 0 Å². The first kappa shape index (κ1) is 15.9. The minimum atomic E-state index is 0.318. The molecule has 1 aliphatic rings. The lowest BCUT2D eigenvalue weighted by Gasteiger charge is -2.15. The van der Waals surface area contributed by atoms with Crippen LogP contribution in [0.2, 0.25) is 0 Å². The normalized spacial score (nSPS) is 15.7. The number of hydrogen-bond acceptors (Lipinski definition) is 5. The minimum Gasteiger partial charge on any atom is -0.367 e. The van der Waals surface area contributed by atoms with Gasteiger partial charge in [-0.05, 0) is 52.5 Å². The number of nitrogens with one attached hydrogen (secondary N) is 3. The largest absolute Gasteiger partial charge is 0.367 e. The zero-order valence-electron chi connectivity index (χ0n) is 15.2. The predicted molar refractivity (Wildman–Crippen MR) is 100 cm³/mol. The maximum atomic E-state index is 4.70. The van der Waals surface area contributed by atoms with E-state index in [2.05, 4.69) is 53.4 Å². The number of aromatic nitrogens is 5. The van der Waals surface area contributed by atoms with E-state index in [9.17, 15) is 0 Å². The zero-order chi connectivity index (χ0) is 17.6. The third-order valence-corrected chi connectivity index (χ3v) is 4.76. The van der Waals surface area contributed by atoms with E-state index in [-0.39, 0.29) is 0 Å². The Hall–Kier alpha value is -2.57. The van der Waals surface area contributed by atoms with E-state index in [0.717, 1.165) is 34.3 Å². The molecular formula is C18H25N7. The Kier molecular flexibility index (Phi) is 3.86. The maximum Gasteiger partial charge on any atom is 0.232 e. The van der Waals surface area contributed by atoms with Crippen LogP contribution < -0.4 is 10.6 Å². The van der Waals surface area contributed by atoms with E-state index in [1.54, 1.807) is 0 Å². The first-order valence-corrected chi connectivity index (χ1v) is 8.96. The second kappa shape index (κ2) is 6.06. The van der Waals surface area contributed by atoms with E-state index in [1.807, 2.05) is 23.0 Å². The van der Waals surface area contributed by atoms with Crippen LogP contribution in [0.5, 0.6) is 0 Å². The van der Waals surface area contributed by atoms with Crippen molar-refractivity contribution >= 4 is 28.6 Å². The van der Waals surface area contributed by atoms with Crippen LogP contribution in [-0.2, 0) is 0 Å². The summed E-state index contributed by atoms with van der Waals surface area (Å²) >= 11 is 0. The van der Waals surface area contributed by atoms with Gasteiger partial charge in [-0.25, -0.2) is 0 Å². The second-order valence-electron chi connectivity index (χ2n) is 7.24. The minimum absolute atomic E-state index is 0.318. The number of aryl methyl sites for hydroxylation is 1. The molecule has 4 rings (SSSR count). The molecule has 3 N–H and O–H groups in total. The molecular weight excluding hydrogens is 314 g/mol. The van der Waals surface area contributed by atoms with Gasteiger partial charge < -0.3 is 15.6 Å². The molecule has 0 amide bonds. The Bertz CT molecular complexity index is 888. The molecule has 3 heterocycles. The predicted octanol–water partition coefficient (Wildman–Crippen LogP) is 4.00. The molecule has 1 saturated carbocycles. The van der Waals surface area contributed by atoms with Crippen LogP contribution in [0.3, 0.4) is 0 Å². The van der Waals surface area contributed by atoms with Crippen LogP contribution in [0.1, 0.15) is 45.3 Å². The Morgan fingerprint density at radius 1 is 1.24 bits per heavy atom. The molecule has 132 valence electrons.